The van der Waals surface area contributed by atoms with Gasteiger partial charge in [-0.25, -0.2) is 4.98 Å². The average Bonchev–Trinajstić information content (AvgIpc) is 2.57. The van der Waals surface area contributed by atoms with E-state index in [2.05, 4.69) is 17.6 Å². The molecule has 1 aliphatic carbocycles. The monoisotopic (exact) mass is 379 g/mol. The van der Waals surface area contributed by atoms with Gasteiger partial charge in [-0.3, -0.25) is 14.2 Å². The van der Waals surface area contributed by atoms with Crippen LogP contribution in [0.1, 0.15) is 49.2 Å². The van der Waals surface area contributed by atoms with Gasteiger partial charge in [0.15, 0.2) is 0 Å². The fourth-order valence-electron chi connectivity index (χ4n) is 3.53. The summed E-state index contributed by atoms with van der Waals surface area (Å²) in [5.74, 6) is 0.971. The maximum Gasteiger partial charge on any atom is 0.271 e. The summed E-state index contributed by atoms with van der Waals surface area (Å²) < 4.78 is 1.61. The zero-order valence-corrected chi connectivity index (χ0v) is 16.2. The van der Waals surface area contributed by atoms with E-state index in [1.54, 1.807) is 17.6 Å². The Labute approximate surface area is 162 Å². The van der Waals surface area contributed by atoms with Crippen LogP contribution in [0.4, 0.5) is 0 Å². The van der Waals surface area contributed by atoms with E-state index in [-0.39, 0.29) is 22.3 Å². The summed E-state index contributed by atoms with van der Waals surface area (Å²) in [6.45, 7) is 3.61. The number of hydrogen-bond acceptors (Lipinski definition) is 4. The summed E-state index contributed by atoms with van der Waals surface area (Å²) >= 11 is 4.27. The summed E-state index contributed by atoms with van der Waals surface area (Å²) in [5.41, 5.74) is 1.61. The molecule has 1 fully saturated rings. The van der Waals surface area contributed by atoms with Crippen molar-refractivity contribution in [2.45, 2.75) is 39.0 Å². The van der Waals surface area contributed by atoms with Gasteiger partial charge in [0.25, 0.3) is 5.56 Å². The summed E-state index contributed by atoms with van der Waals surface area (Å²) in [6.07, 6.45) is 4.83. The summed E-state index contributed by atoms with van der Waals surface area (Å²) in [5, 5.41) is 0.0911. The number of nitrogens with one attached hydrogen (secondary N) is 1. The number of aryl methyl sites for hydroxylation is 1. The third kappa shape index (κ3) is 3.04. The molecule has 27 heavy (non-hydrogen) atoms. The molecule has 1 N–H and O–H groups in total. The van der Waals surface area contributed by atoms with Crippen LogP contribution >= 0.6 is 12.6 Å². The Balaban J connectivity index is 2.12. The van der Waals surface area contributed by atoms with Crippen molar-refractivity contribution in [1.29, 1.82) is 0 Å². The lowest BCUT2D eigenvalue weighted by Gasteiger charge is -2.27. The van der Waals surface area contributed by atoms with Gasteiger partial charge in [0, 0.05) is 17.2 Å². The fraction of sp³-hybridized carbons (Fsp3) is 0.286. The van der Waals surface area contributed by atoms with Gasteiger partial charge in [0.05, 0.1) is 5.69 Å². The van der Waals surface area contributed by atoms with E-state index in [0.717, 1.165) is 30.8 Å². The molecular weight excluding hydrogens is 358 g/mol. The number of aromatic nitrogens is 3. The minimum atomic E-state index is -0.319. The molecule has 2 heterocycles. The van der Waals surface area contributed by atoms with Crippen molar-refractivity contribution >= 4 is 29.7 Å². The lowest BCUT2D eigenvalue weighted by Crippen LogP contribution is -2.31. The van der Waals surface area contributed by atoms with Gasteiger partial charge in [-0.1, -0.05) is 24.6 Å². The molecule has 6 heteroatoms. The molecule has 0 bridgehead atoms. The Morgan fingerprint density at radius 2 is 1.96 bits per heavy atom. The number of H-pyrrole nitrogens is 1. The van der Waals surface area contributed by atoms with Gasteiger partial charge in [-0.05, 0) is 49.8 Å². The molecule has 1 aliphatic rings. The van der Waals surface area contributed by atoms with Gasteiger partial charge >= 0.3 is 0 Å². The van der Waals surface area contributed by atoms with E-state index in [1.165, 1.54) is 0 Å². The van der Waals surface area contributed by atoms with Crippen LogP contribution in [0.25, 0.3) is 22.8 Å². The highest BCUT2D eigenvalue weighted by atomic mass is 32.1. The van der Waals surface area contributed by atoms with Crippen molar-refractivity contribution < 1.29 is 0 Å². The highest BCUT2D eigenvalue weighted by Crippen LogP contribution is 2.36. The number of aromatic amines is 1. The van der Waals surface area contributed by atoms with Crippen LogP contribution in [0.5, 0.6) is 0 Å². The van der Waals surface area contributed by atoms with E-state index in [1.807, 2.05) is 37.3 Å². The molecular formula is C21H21N3O2S. The lowest BCUT2D eigenvalue weighted by molar-refractivity contribution is 0.394. The van der Waals surface area contributed by atoms with E-state index < -0.39 is 0 Å². The highest BCUT2D eigenvalue weighted by molar-refractivity contribution is 7.84. The van der Waals surface area contributed by atoms with Crippen molar-refractivity contribution in [3.05, 3.63) is 72.9 Å². The summed E-state index contributed by atoms with van der Waals surface area (Å²) in [4.78, 5) is 35.1. The summed E-state index contributed by atoms with van der Waals surface area (Å²) in [7, 11) is 0. The molecule has 3 aromatic rings. The van der Waals surface area contributed by atoms with Gasteiger partial charge in [0.2, 0.25) is 5.43 Å². The quantitative estimate of drug-likeness (QED) is 0.677. The molecule has 0 atom stereocenters. The molecule has 0 radical (unpaired) electrons. The molecule has 4 rings (SSSR count). The Morgan fingerprint density at radius 1 is 1.26 bits per heavy atom. The first-order chi connectivity index (χ1) is 13.0. The minimum Gasteiger partial charge on any atom is -0.342 e. The second-order valence-electron chi connectivity index (χ2n) is 7.08. The third-order valence-corrected chi connectivity index (χ3v) is 5.26. The van der Waals surface area contributed by atoms with Crippen molar-refractivity contribution in [2.75, 3.05) is 0 Å². The summed E-state index contributed by atoms with van der Waals surface area (Å²) in [6, 6.07) is 9.42. The largest absolute Gasteiger partial charge is 0.342 e. The number of hydrogen-bond donors (Lipinski definition) is 2. The van der Waals surface area contributed by atoms with Gasteiger partial charge < -0.3 is 4.98 Å². The molecule has 138 valence electrons. The lowest BCUT2D eigenvalue weighted by atomic mass is 9.84. The van der Waals surface area contributed by atoms with Crippen molar-refractivity contribution in [3.63, 3.8) is 0 Å². The van der Waals surface area contributed by atoms with E-state index in [4.69, 9.17) is 4.98 Å². The van der Waals surface area contributed by atoms with Crippen molar-refractivity contribution in [2.24, 2.45) is 0 Å². The van der Waals surface area contributed by atoms with Crippen LogP contribution in [-0.2, 0) is 0 Å². The van der Waals surface area contributed by atoms with E-state index >= 15 is 0 Å². The van der Waals surface area contributed by atoms with Crippen molar-refractivity contribution in [1.82, 2.24) is 14.5 Å². The minimum absolute atomic E-state index is 0.0911. The molecule has 2 aromatic heterocycles. The molecule has 0 amide bonds. The first-order valence-corrected chi connectivity index (χ1v) is 9.54. The van der Waals surface area contributed by atoms with Crippen LogP contribution in [0, 0.1) is 6.92 Å². The Morgan fingerprint density at radius 3 is 2.56 bits per heavy atom. The van der Waals surface area contributed by atoms with Gasteiger partial charge in [-0.15, -0.1) is 12.6 Å². The zero-order valence-electron chi connectivity index (χ0n) is 15.3. The molecule has 0 spiro atoms. The Hall–Kier alpha value is -2.60. The topological polar surface area (TPSA) is 67.8 Å². The predicted octanol–water partition coefficient (Wildman–Crippen LogP) is 3.94. The van der Waals surface area contributed by atoms with Crippen LogP contribution < -0.4 is 11.0 Å². The normalized spacial score (nSPS) is 15.1. The first kappa shape index (κ1) is 17.8. The van der Waals surface area contributed by atoms with E-state index in [0.29, 0.717) is 21.8 Å². The molecule has 0 unspecified atom stereocenters. The number of para-hydroxylation sites is 1. The van der Waals surface area contributed by atoms with Crippen LogP contribution in [-0.4, -0.2) is 14.5 Å². The van der Waals surface area contributed by atoms with Crippen LogP contribution in [0.2, 0.25) is 0 Å². The molecule has 0 saturated heterocycles. The number of pyridine rings is 1. The first-order valence-electron chi connectivity index (χ1n) is 9.09. The zero-order chi connectivity index (χ0) is 19.1. The van der Waals surface area contributed by atoms with Crippen LogP contribution in [0.15, 0.2) is 44.8 Å². The average molecular weight is 379 g/mol. The SMILES string of the molecule is C/C(S)=C/c1c(C)[nH]c2nc(C3CCC3)n(-c3ccccc3)c(=O)c2c1=O. The number of fused-ring (bicyclic) bond motifs is 1. The maximum absolute atomic E-state index is 13.4. The molecule has 1 saturated carbocycles. The number of thiol groups is 1. The molecule has 5 nitrogen and oxygen atoms in total. The van der Waals surface area contributed by atoms with Crippen molar-refractivity contribution in [3.8, 4) is 5.69 Å². The van der Waals surface area contributed by atoms with E-state index in [9.17, 15) is 9.59 Å². The second kappa shape index (κ2) is 6.85. The molecule has 0 aliphatic heterocycles. The number of benzene rings is 1. The molecule has 1 aromatic carbocycles. The number of allylic oxidation sites excluding steroid dienone is 1. The van der Waals surface area contributed by atoms with Gasteiger partial charge in [0.1, 0.15) is 16.9 Å². The maximum atomic E-state index is 13.4. The number of rotatable bonds is 3. The Bertz CT molecular complexity index is 1170. The second-order valence-corrected chi connectivity index (χ2v) is 7.78. The fourth-order valence-corrected chi connectivity index (χ4v) is 3.66. The smallest absolute Gasteiger partial charge is 0.271 e. The predicted molar refractivity (Wildman–Crippen MR) is 112 cm³/mol. The third-order valence-electron chi connectivity index (χ3n) is 5.13. The standard InChI is InChI=1S/C21H21N3O2S/c1-12(27)11-16-13(2)22-19-17(18(16)25)21(26)24(15-9-4-3-5-10-15)20(23-19)14-7-6-8-14/h3-5,9-11,14,27H,6-8H2,1-2H3,(H,22,25)/b12-11-. The highest BCUT2D eigenvalue weighted by Gasteiger charge is 2.27. The van der Waals surface area contributed by atoms with Gasteiger partial charge in [-0.2, -0.15) is 0 Å². The van der Waals surface area contributed by atoms with Crippen LogP contribution in [0.3, 0.4) is 0 Å². The Kier molecular flexibility index (Phi) is 4.52. The number of nitrogens with zero attached hydrogens (tertiary/aromatic N) is 2.